The van der Waals surface area contributed by atoms with Crippen LogP contribution in [0.1, 0.15) is 60.8 Å². The first kappa shape index (κ1) is 32.3. The molecule has 4 N–H and O–H groups in total. The zero-order valence-corrected chi connectivity index (χ0v) is 24.4. The van der Waals surface area contributed by atoms with E-state index < -0.39 is 10.0 Å². The Hall–Kier alpha value is -1.75. The van der Waals surface area contributed by atoms with E-state index in [0.717, 1.165) is 0 Å². The monoisotopic (exact) mass is 565 g/mol. The molecule has 206 valence electrons. The van der Waals surface area contributed by atoms with Gasteiger partial charge in [-0.3, -0.25) is 0 Å². The lowest BCUT2D eigenvalue weighted by atomic mass is 10.0. The lowest BCUT2D eigenvalue weighted by Gasteiger charge is -2.30. The molecule has 9 nitrogen and oxygen atoms in total. The molecular formula is C24H41Cl2N5O4S. The molecule has 0 aliphatic carbocycles. The van der Waals surface area contributed by atoms with Gasteiger partial charge < -0.3 is 20.9 Å². The number of urea groups is 2. The third kappa shape index (κ3) is 12.5. The van der Waals surface area contributed by atoms with Crippen molar-refractivity contribution in [1.29, 1.82) is 0 Å². The number of rotatable bonds is 14. The normalized spacial score (nSPS) is 12.6. The summed E-state index contributed by atoms with van der Waals surface area (Å²) in [6, 6.07) is 3.44. The van der Waals surface area contributed by atoms with Gasteiger partial charge in [-0.1, -0.05) is 37.0 Å². The number of carbonyl (C=O) groups excluding carboxylic acids is 2. The number of benzene rings is 1. The molecule has 0 saturated heterocycles. The second-order valence-corrected chi connectivity index (χ2v) is 12.4. The number of sulfonamides is 1. The summed E-state index contributed by atoms with van der Waals surface area (Å²) in [5.74, 6) is 0.318. The highest BCUT2D eigenvalue weighted by Crippen LogP contribution is 2.24. The first-order chi connectivity index (χ1) is 16.7. The average molecular weight is 567 g/mol. The number of nitrogens with zero attached hydrogens (tertiary/aromatic N) is 1. The minimum Gasteiger partial charge on any atom is -0.336 e. The molecule has 1 aromatic carbocycles. The van der Waals surface area contributed by atoms with Crippen molar-refractivity contribution in [3.8, 4) is 0 Å². The molecule has 0 spiro atoms. The van der Waals surface area contributed by atoms with Gasteiger partial charge >= 0.3 is 12.1 Å². The van der Waals surface area contributed by atoms with Crippen molar-refractivity contribution in [3.05, 3.63) is 28.2 Å². The van der Waals surface area contributed by atoms with E-state index in [-0.39, 0.29) is 46.7 Å². The second-order valence-electron chi connectivity index (χ2n) is 9.83. The van der Waals surface area contributed by atoms with E-state index in [1.165, 1.54) is 18.2 Å². The fourth-order valence-electron chi connectivity index (χ4n) is 3.52. The van der Waals surface area contributed by atoms with Crippen molar-refractivity contribution in [2.45, 2.75) is 83.8 Å². The Bertz CT molecular complexity index is 958. The highest BCUT2D eigenvalue weighted by atomic mass is 35.5. The molecule has 0 fully saturated rings. The van der Waals surface area contributed by atoms with Crippen molar-refractivity contribution in [2.75, 3.05) is 19.6 Å². The van der Waals surface area contributed by atoms with Crippen LogP contribution in [-0.4, -0.2) is 63.1 Å². The van der Waals surface area contributed by atoms with Crippen LogP contribution in [0.2, 0.25) is 10.0 Å². The van der Waals surface area contributed by atoms with E-state index in [9.17, 15) is 18.0 Å². The van der Waals surface area contributed by atoms with E-state index in [1.54, 1.807) is 4.90 Å². The van der Waals surface area contributed by atoms with Crippen molar-refractivity contribution >= 4 is 45.3 Å². The first-order valence-electron chi connectivity index (χ1n) is 12.3. The van der Waals surface area contributed by atoms with Gasteiger partial charge in [0.25, 0.3) is 0 Å². The van der Waals surface area contributed by atoms with Gasteiger partial charge in [-0.05, 0) is 71.1 Å². The molecular weight excluding hydrogens is 525 g/mol. The largest absolute Gasteiger partial charge is 0.336 e. The molecule has 1 rings (SSSR count). The summed E-state index contributed by atoms with van der Waals surface area (Å²) in [5.41, 5.74) is 0. The summed E-state index contributed by atoms with van der Waals surface area (Å²) >= 11 is 11.9. The molecule has 0 bridgehead atoms. The molecule has 1 atom stereocenters. The molecule has 0 radical (unpaired) electrons. The average Bonchev–Trinajstić information content (AvgIpc) is 2.70. The molecule has 4 amide bonds. The first-order valence-corrected chi connectivity index (χ1v) is 14.5. The second kappa shape index (κ2) is 15.5. The van der Waals surface area contributed by atoms with Gasteiger partial charge in [0.15, 0.2) is 0 Å². The lowest BCUT2D eigenvalue weighted by molar-refractivity contribution is 0.182. The summed E-state index contributed by atoms with van der Waals surface area (Å²) < 4.78 is 27.7. The Morgan fingerprint density at radius 2 is 1.58 bits per heavy atom. The zero-order chi connectivity index (χ0) is 27.5. The van der Waals surface area contributed by atoms with E-state index in [2.05, 4.69) is 34.5 Å². The third-order valence-electron chi connectivity index (χ3n) is 4.98. The van der Waals surface area contributed by atoms with Crippen molar-refractivity contribution in [2.24, 2.45) is 5.92 Å². The summed E-state index contributed by atoms with van der Waals surface area (Å²) in [4.78, 5) is 26.8. The Balaban J connectivity index is 2.77. The van der Waals surface area contributed by atoms with Gasteiger partial charge in [-0.2, -0.15) is 0 Å². The van der Waals surface area contributed by atoms with Gasteiger partial charge in [-0.25, -0.2) is 22.7 Å². The van der Waals surface area contributed by atoms with Crippen LogP contribution < -0.4 is 20.7 Å². The molecule has 0 unspecified atom stereocenters. The predicted molar refractivity (Wildman–Crippen MR) is 146 cm³/mol. The number of unbranched alkanes of at least 4 members (excludes halogenated alkanes) is 1. The van der Waals surface area contributed by atoms with Crippen LogP contribution in [0, 0.1) is 5.92 Å². The Labute approximate surface area is 226 Å². The minimum absolute atomic E-state index is 0.00317. The summed E-state index contributed by atoms with van der Waals surface area (Å²) in [6.07, 6.45) is 1.78. The molecule has 36 heavy (non-hydrogen) atoms. The Morgan fingerprint density at radius 1 is 0.944 bits per heavy atom. The van der Waals surface area contributed by atoms with Crippen LogP contribution in [0.3, 0.4) is 0 Å². The number of hydrogen-bond acceptors (Lipinski definition) is 4. The van der Waals surface area contributed by atoms with Crippen molar-refractivity contribution in [1.82, 2.24) is 25.6 Å². The van der Waals surface area contributed by atoms with Crippen LogP contribution in [0.5, 0.6) is 0 Å². The van der Waals surface area contributed by atoms with Crippen LogP contribution in [0.25, 0.3) is 0 Å². The molecule has 0 saturated carbocycles. The lowest BCUT2D eigenvalue weighted by Crippen LogP contribution is -2.53. The molecule has 1 aromatic rings. The number of hydrogen-bond donors (Lipinski definition) is 4. The maximum atomic E-state index is 12.9. The van der Waals surface area contributed by atoms with E-state index in [4.69, 9.17) is 23.2 Å². The smallest absolute Gasteiger partial charge is 0.317 e. The van der Waals surface area contributed by atoms with E-state index in [1.807, 2.05) is 27.7 Å². The topological polar surface area (TPSA) is 120 Å². The van der Waals surface area contributed by atoms with Crippen LogP contribution in [0.15, 0.2) is 23.1 Å². The highest BCUT2D eigenvalue weighted by molar-refractivity contribution is 7.89. The van der Waals surface area contributed by atoms with Crippen LogP contribution >= 0.6 is 23.2 Å². The fraction of sp³-hybridized carbons (Fsp3) is 0.667. The quantitative estimate of drug-likeness (QED) is 0.246. The maximum absolute atomic E-state index is 12.9. The maximum Gasteiger partial charge on any atom is 0.317 e. The zero-order valence-electron chi connectivity index (χ0n) is 22.0. The van der Waals surface area contributed by atoms with Gasteiger partial charge in [0.2, 0.25) is 10.0 Å². The number of nitrogens with one attached hydrogen (secondary N) is 4. The fourth-order valence-corrected chi connectivity index (χ4v) is 5.37. The molecule has 12 heteroatoms. The Morgan fingerprint density at radius 3 is 2.14 bits per heavy atom. The number of amides is 4. The molecule has 0 heterocycles. The van der Waals surface area contributed by atoms with Gasteiger partial charge in [0.05, 0.1) is 5.02 Å². The SMILES string of the molecule is CC(C)C[C@H](CN(CCCCNS(=O)(=O)c1ccc(Cl)cc1Cl)C(=O)NC(C)C)NC(=O)NC(C)C. The van der Waals surface area contributed by atoms with Crippen LogP contribution in [-0.2, 0) is 10.0 Å². The molecule has 0 aromatic heterocycles. The number of carbonyl (C=O) groups is 2. The molecule has 0 aliphatic rings. The van der Waals surface area contributed by atoms with Crippen molar-refractivity contribution < 1.29 is 18.0 Å². The van der Waals surface area contributed by atoms with Crippen LogP contribution in [0.4, 0.5) is 9.59 Å². The van der Waals surface area contributed by atoms with E-state index >= 15 is 0 Å². The predicted octanol–water partition coefficient (Wildman–Crippen LogP) is 4.59. The summed E-state index contributed by atoms with van der Waals surface area (Å²) in [6.45, 7) is 12.6. The van der Waals surface area contributed by atoms with Gasteiger partial charge in [0, 0.05) is 42.8 Å². The minimum atomic E-state index is -3.78. The van der Waals surface area contributed by atoms with Gasteiger partial charge in [-0.15, -0.1) is 0 Å². The van der Waals surface area contributed by atoms with Crippen molar-refractivity contribution in [3.63, 3.8) is 0 Å². The Kier molecular flexibility index (Phi) is 13.9. The third-order valence-corrected chi connectivity index (χ3v) is 7.16. The van der Waals surface area contributed by atoms with Gasteiger partial charge in [0.1, 0.15) is 4.90 Å². The highest BCUT2D eigenvalue weighted by Gasteiger charge is 2.22. The van der Waals surface area contributed by atoms with E-state index in [0.29, 0.717) is 43.3 Å². The standard InChI is InChI=1S/C24H41Cl2N5O4S/c1-16(2)13-20(30-23(32)28-17(3)4)15-31(24(33)29-18(5)6)12-8-7-11-27-36(34,35)22-10-9-19(25)14-21(22)26/h9-10,14,16-18,20,27H,7-8,11-13,15H2,1-6H3,(H,29,33)(H2,28,30,32)/t20-/m1/s1. The number of halogens is 2. The molecule has 0 aliphatic heterocycles. The summed E-state index contributed by atoms with van der Waals surface area (Å²) in [5, 5.41) is 9.12. The summed E-state index contributed by atoms with van der Waals surface area (Å²) in [7, 11) is -3.78.